The van der Waals surface area contributed by atoms with Crippen LogP contribution >= 0.6 is 0 Å². The Morgan fingerprint density at radius 2 is 1.35 bits per heavy atom. The van der Waals surface area contributed by atoms with Gasteiger partial charge in [0.2, 0.25) is 6.54 Å². The van der Waals surface area contributed by atoms with E-state index in [9.17, 15) is 0 Å². The fourth-order valence-corrected chi connectivity index (χ4v) is 1.57. The minimum Gasteiger partial charge on any atom is -0.273 e. The van der Waals surface area contributed by atoms with Gasteiger partial charge in [-0.2, -0.15) is 0 Å². The Balaban J connectivity index is 1.83. The molecule has 0 amide bonds. The van der Waals surface area contributed by atoms with Crippen molar-refractivity contribution in [3.8, 4) is 0 Å². The lowest BCUT2D eigenvalue weighted by Gasteiger charge is -2.02. The molecule has 0 N–H and O–H groups in total. The van der Waals surface area contributed by atoms with E-state index in [-0.39, 0.29) is 0 Å². The Morgan fingerprint density at radius 1 is 0.824 bits per heavy atom. The lowest BCUT2D eigenvalue weighted by Crippen LogP contribution is -2.10. The molecule has 0 heterocycles. The lowest BCUT2D eigenvalue weighted by atomic mass is 10.2. The van der Waals surface area contributed by atoms with Crippen LogP contribution in [0.15, 0.2) is 60.7 Å². The van der Waals surface area contributed by atoms with E-state index in [1.165, 1.54) is 5.56 Å². The van der Waals surface area contributed by atoms with Crippen molar-refractivity contribution >= 4 is 6.72 Å². The van der Waals surface area contributed by atoms with E-state index in [4.69, 9.17) is 4.84 Å². The molecule has 0 aliphatic rings. The second-order valence-corrected chi connectivity index (χ2v) is 3.88. The van der Waals surface area contributed by atoms with Crippen LogP contribution in [0.2, 0.25) is 0 Å². The quantitative estimate of drug-likeness (QED) is 0.433. The highest BCUT2D eigenvalue weighted by molar-refractivity contribution is 5.17. The topological polar surface area (TPSA) is 12.2 Å². The van der Waals surface area contributed by atoms with Gasteiger partial charge in [0.1, 0.15) is 0 Å². The molecule has 0 saturated carbocycles. The van der Waals surface area contributed by atoms with Gasteiger partial charge in [0.15, 0.2) is 13.3 Å². The summed E-state index contributed by atoms with van der Waals surface area (Å²) in [4.78, 5) is 5.55. The minimum atomic E-state index is 0.553. The Bertz CT molecular complexity index is 465. The molecular weight excluding hydrogens is 210 g/mol. The highest BCUT2D eigenvalue weighted by Crippen LogP contribution is 2.03. The van der Waals surface area contributed by atoms with E-state index in [1.807, 2.05) is 48.5 Å². The molecule has 0 aliphatic carbocycles. The number of hydrogen-bond acceptors (Lipinski definition) is 1. The standard InChI is InChI=1S/C15H16NO/c1-16(12-14-8-4-2-5-9-14)17-13-15-10-6-3-7-11-15/h2-11H,1,12-13H2/q+1. The normalized spacial score (nSPS) is 9.88. The summed E-state index contributed by atoms with van der Waals surface area (Å²) in [6, 6.07) is 20.2. The van der Waals surface area contributed by atoms with Crippen molar-refractivity contribution < 1.29 is 9.58 Å². The Morgan fingerprint density at radius 3 is 1.94 bits per heavy atom. The van der Waals surface area contributed by atoms with E-state index in [0.717, 1.165) is 5.56 Å². The van der Waals surface area contributed by atoms with Crippen LogP contribution < -0.4 is 0 Å². The summed E-state index contributed by atoms with van der Waals surface area (Å²) >= 11 is 0. The Hall–Kier alpha value is -2.09. The van der Waals surface area contributed by atoms with E-state index >= 15 is 0 Å². The van der Waals surface area contributed by atoms with E-state index in [0.29, 0.717) is 13.2 Å². The number of hydrogen-bond donors (Lipinski definition) is 0. The smallest absolute Gasteiger partial charge is 0.217 e. The molecule has 0 fully saturated rings. The summed E-state index contributed by atoms with van der Waals surface area (Å²) in [5.41, 5.74) is 2.34. The highest BCUT2D eigenvalue weighted by Gasteiger charge is 2.04. The molecule has 2 heteroatoms. The van der Waals surface area contributed by atoms with Gasteiger partial charge in [-0.3, -0.25) is 4.84 Å². The number of benzene rings is 2. The van der Waals surface area contributed by atoms with Gasteiger partial charge in [0.05, 0.1) is 0 Å². The molecule has 0 bridgehead atoms. The van der Waals surface area contributed by atoms with Crippen molar-refractivity contribution in [3.63, 3.8) is 0 Å². The number of nitrogens with zero attached hydrogens (tertiary/aromatic N) is 1. The summed E-state index contributed by atoms with van der Waals surface area (Å²) in [6.45, 7) is 5.10. The van der Waals surface area contributed by atoms with Gasteiger partial charge in [-0.25, -0.2) is 0 Å². The third kappa shape index (κ3) is 3.76. The first-order valence-electron chi connectivity index (χ1n) is 5.63. The molecule has 0 aliphatic heterocycles. The zero-order valence-corrected chi connectivity index (χ0v) is 9.75. The maximum atomic E-state index is 5.55. The molecule has 0 saturated heterocycles. The third-order valence-corrected chi connectivity index (χ3v) is 2.46. The third-order valence-electron chi connectivity index (χ3n) is 2.46. The van der Waals surface area contributed by atoms with Crippen molar-refractivity contribution in [2.75, 3.05) is 0 Å². The zero-order valence-electron chi connectivity index (χ0n) is 9.75. The van der Waals surface area contributed by atoms with Gasteiger partial charge in [0.25, 0.3) is 0 Å². The molecule has 0 aromatic heterocycles. The maximum Gasteiger partial charge on any atom is 0.217 e. The van der Waals surface area contributed by atoms with E-state index < -0.39 is 0 Å². The number of hydroxylamine groups is 1. The first-order valence-corrected chi connectivity index (χ1v) is 5.63. The average Bonchev–Trinajstić information content (AvgIpc) is 2.39. The van der Waals surface area contributed by atoms with Gasteiger partial charge >= 0.3 is 0 Å². The molecule has 2 nitrogen and oxygen atoms in total. The van der Waals surface area contributed by atoms with Crippen molar-refractivity contribution in [1.29, 1.82) is 0 Å². The Labute approximate surface area is 102 Å². The monoisotopic (exact) mass is 226 g/mol. The van der Waals surface area contributed by atoms with Gasteiger partial charge in [-0.05, 0) is 10.3 Å². The second-order valence-electron chi connectivity index (χ2n) is 3.88. The first kappa shape index (κ1) is 11.4. The minimum absolute atomic E-state index is 0.553. The summed E-state index contributed by atoms with van der Waals surface area (Å²) in [6.07, 6.45) is 0. The molecule has 0 unspecified atom stereocenters. The van der Waals surface area contributed by atoms with Crippen LogP contribution in [0.3, 0.4) is 0 Å². The number of rotatable bonds is 5. The predicted octanol–water partition coefficient (Wildman–Crippen LogP) is 3.03. The maximum absolute atomic E-state index is 5.55. The first-order chi connectivity index (χ1) is 8.34. The van der Waals surface area contributed by atoms with Gasteiger partial charge in [0, 0.05) is 5.56 Å². The van der Waals surface area contributed by atoms with Crippen LogP contribution in [-0.2, 0) is 18.0 Å². The molecular formula is C15H16NO+. The second kappa shape index (κ2) is 5.85. The summed E-state index contributed by atoms with van der Waals surface area (Å²) in [5.74, 6) is 0. The SMILES string of the molecule is C=[N+](Cc1ccccc1)OCc1ccccc1. The summed E-state index contributed by atoms with van der Waals surface area (Å²) in [5, 5.41) is 0. The van der Waals surface area contributed by atoms with Crippen molar-refractivity contribution in [2.24, 2.45) is 0 Å². The molecule has 0 radical (unpaired) electrons. The molecule has 86 valence electrons. The van der Waals surface area contributed by atoms with Crippen molar-refractivity contribution in [2.45, 2.75) is 13.2 Å². The van der Waals surface area contributed by atoms with Crippen molar-refractivity contribution in [3.05, 3.63) is 71.8 Å². The molecule has 2 aromatic rings. The molecule has 17 heavy (non-hydrogen) atoms. The van der Waals surface area contributed by atoms with Crippen LogP contribution in [-0.4, -0.2) is 11.5 Å². The van der Waals surface area contributed by atoms with Gasteiger partial charge in [-0.1, -0.05) is 60.7 Å². The van der Waals surface area contributed by atoms with E-state index in [1.54, 1.807) is 4.74 Å². The summed E-state index contributed by atoms with van der Waals surface area (Å²) in [7, 11) is 0. The molecule has 0 spiro atoms. The summed E-state index contributed by atoms with van der Waals surface area (Å²) < 4.78 is 1.61. The van der Waals surface area contributed by atoms with Gasteiger partial charge < -0.3 is 0 Å². The highest BCUT2D eigenvalue weighted by atomic mass is 16.7. The van der Waals surface area contributed by atoms with Crippen molar-refractivity contribution in [1.82, 2.24) is 0 Å². The van der Waals surface area contributed by atoms with Crippen LogP contribution in [0.25, 0.3) is 0 Å². The molecule has 2 aromatic carbocycles. The van der Waals surface area contributed by atoms with Crippen LogP contribution in [0.1, 0.15) is 11.1 Å². The van der Waals surface area contributed by atoms with Crippen LogP contribution in [0.4, 0.5) is 0 Å². The lowest BCUT2D eigenvalue weighted by molar-refractivity contribution is -0.798. The van der Waals surface area contributed by atoms with Crippen LogP contribution in [0, 0.1) is 0 Å². The molecule has 2 rings (SSSR count). The average molecular weight is 226 g/mol. The fraction of sp³-hybridized carbons (Fsp3) is 0.133. The van der Waals surface area contributed by atoms with Crippen LogP contribution in [0.5, 0.6) is 0 Å². The van der Waals surface area contributed by atoms with Gasteiger partial charge in [-0.15, -0.1) is 0 Å². The Kier molecular flexibility index (Phi) is 3.92. The van der Waals surface area contributed by atoms with E-state index in [2.05, 4.69) is 18.9 Å². The zero-order chi connectivity index (χ0) is 11.9. The largest absolute Gasteiger partial charge is 0.273 e. The molecule has 0 atom stereocenters. The predicted molar refractivity (Wildman–Crippen MR) is 68.8 cm³/mol. The fourth-order valence-electron chi connectivity index (χ4n) is 1.57.